The quantitative estimate of drug-likeness (QED) is 0.356. The Balaban J connectivity index is -0.0000000200. The molecule has 2 radical (unpaired) electrons. The summed E-state index contributed by atoms with van der Waals surface area (Å²) in [5.74, 6) is 0. The van der Waals surface area contributed by atoms with Gasteiger partial charge in [0.25, 0.3) is 0 Å². The molecule has 0 aliphatic rings. The van der Waals surface area contributed by atoms with Crippen molar-refractivity contribution in [1.29, 1.82) is 0 Å². The highest BCUT2D eigenvalue weighted by Gasteiger charge is 1.39. The van der Waals surface area contributed by atoms with E-state index in [1.54, 1.807) is 0 Å². The first-order valence-corrected chi connectivity index (χ1v) is 3.00. The maximum absolute atomic E-state index is 2.15. The minimum absolute atomic E-state index is 0. The van der Waals surface area contributed by atoms with Crippen LogP contribution < -0.4 is 34.0 Å². The van der Waals surface area contributed by atoms with Gasteiger partial charge in [-0.25, -0.2) is 0 Å². The second-order valence-electron chi connectivity index (χ2n) is 0.500. The first-order valence-electron chi connectivity index (χ1n) is 1.00. The van der Waals surface area contributed by atoms with Crippen molar-refractivity contribution >= 4 is 9.52 Å². The Morgan fingerprint density at radius 2 is 1.00 bits per heavy atom. The molecule has 0 aliphatic heterocycles. The van der Waals surface area contributed by atoms with Crippen molar-refractivity contribution in [2.75, 3.05) is 0 Å². The van der Waals surface area contributed by atoms with E-state index in [1.165, 1.54) is 0 Å². The molecule has 0 nitrogen and oxygen atoms in total. The molecule has 5 heavy (non-hydrogen) atoms. The van der Waals surface area contributed by atoms with Crippen LogP contribution in [0.4, 0.5) is 0 Å². The standard InChI is InChI=1S/C2H6Si.2BrH/c1-3-2;;/h1-2H3;2*1H/p-2. The zero-order valence-electron chi connectivity index (χ0n) is 3.26. The van der Waals surface area contributed by atoms with Crippen LogP contribution in [-0.4, -0.2) is 9.52 Å². The molecule has 0 aromatic carbocycles. The molecule has 0 aliphatic carbocycles. The molecule has 34 valence electrons. The molecule has 0 saturated heterocycles. The van der Waals surface area contributed by atoms with Crippen molar-refractivity contribution in [2.24, 2.45) is 0 Å². The average molecular weight is 218 g/mol. The highest BCUT2D eigenvalue weighted by Crippen LogP contribution is 1.36. The lowest BCUT2D eigenvalue weighted by atomic mass is 11.9. The van der Waals surface area contributed by atoms with E-state index in [0.717, 1.165) is 9.52 Å². The van der Waals surface area contributed by atoms with Gasteiger partial charge < -0.3 is 34.0 Å². The van der Waals surface area contributed by atoms with Crippen molar-refractivity contribution in [3.05, 3.63) is 0 Å². The van der Waals surface area contributed by atoms with E-state index >= 15 is 0 Å². The molecule has 0 atom stereocenters. The van der Waals surface area contributed by atoms with Crippen LogP contribution in [0.1, 0.15) is 0 Å². The zero-order chi connectivity index (χ0) is 2.71. The Kier molecular flexibility index (Phi) is 62.5. The first kappa shape index (κ1) is 16.4. The summed E-state index contributed by atoms with van der Waals surface area (Å²) < 4.78 is 0. The average Bonchev–Trinajstić information content (AvgIpc) is 0.918. The smallest absolute Gasteiger partial charge is 0.0307 e. The van der Waals surface area contributed by atoms with Crippen LogP contribution in [0.3, 0.4) is 0 Å². The molecule has 0 unspecified atom stereocenters. The lowest BCUT2D eigenvalue weighted by Gasteiger charge is -1.44. The van der Waals surface area contributed by atoms with E-state index in [9.17, 15) is 0 Å². The number of hydrogen-bond acceptors (Lipinski definition) is 0. The number of hydrogen-bond donors (Lipinski definition) is 0. The van der Waals surface area contributed by atoms with Crippen LogP contribution >= 0.6 is 0 Å². The minimum Gasteiger partial charge on any atom is -1.00 e. The summed E-state index contributed by atoms with van der Waals surface area (Å²) in [5.41, 5.74) is 0. The van der Waals surface area contributed by atoms with Crippen molar-refractivity contribution in [3.63, 3.8) is 0 Å². The Bertz CT molecular complexity index is 7.61. The predicted octanol–water partition coefficient (Wildman–Crippen LogP) is -5.21. The highest BCUT2D eigenvalue weighted by molar-refractivity contribution is 6.31. The van der Waals surface area contributed by atoms with Crippen LogP contribution in [0, 0.1) is 0 Å². The maximum Gasteiger partial charge on any atom is 0.0307 e. The number of halogens is 2. The minimum atomic E-state index is 0. The molecule has 0 aromatic rings. The van der Waals surface area contributed by atoms with Crippen LogP contribution in [0.2, 0.25) is 13.1 Å². The van der Waals surface area contributed by atoms with E-state index in [-0.39, 0.29) is 34.0 Å². The summed E-state index contributed by atoms with van der Waals surface area (Å²) in [7, 11) is 1.08. The first-order chi connectivity index (χ1) is 1.41. The molecular weight excluding hydrogens is 212 g/mol. The number of rotatable bonds is 0. The maximum atomic E-state index is 2.15. The van der Waals surface area contributed by atoms with E-state index in [0.29, 0.717) is 0 Å². The second-order valence-corrected chi connectivity index (χ2v) is 1.50. The summed E-state index contributed by atoms with van der Waals surface area (Å²) in [6.07, 6.45) is 0. The van der Waals surface area contributed by atoms with E-state index in [4.69, 9.17) is 0 Å². The van der Waals surface area contributed by atoms with Gasteiger partial charge in [0.15, 0.2) is 0 Å². The van der Waals surface area contributed by atoms with Gasteiger partial charge in [0, 0.05) is 9.52 Å². The Morgan fingerprint density at radius 3 is 1.00 bits per heavy atom. The summed E-state index contributed by atoms with van der Waals surface area (Å²) in [6.45, 7) is 4.31. The fourth-order valence-corrected chi connectivity index (χ4v) is 0. The van der Waals surface area contributed by atoms with E-state index in [1.807, 2.05) is 0 Å². The molecule has 3 heteroatoms. The molecule has 0 aromatic heterocycles. The van der Waals surface area contributed by atoms with Gasteiger partial charge in [-0.3, -0.25) is 0 Å². The molecule has 0 bridgehead atoms. The van der Waals surface area contributed by atoms with Gasteiger partial charge in [-0.05, 0) is 0 Å². The second kappa shape index (κ2) is 19.1. The lowest BCUT2D eigenvalue weighted by Crippen LogP contribution is -3.00. The van der Waals surface area contributed by atoms with E-state index in [2.05, 4.69) is 13.1 Å². The fraction of sp³-hybridized carbons (Fsp3) is 1.00. The SMILES string of the molecule is C[Si]C.[Br-].[Br-]. The third-order valence-corrected chi connectivity index (χ3v) is 0. The van der Waals surface area contributed by atoms with Gasteiger partial charge in [-0.1, -0.05) is 13.1 Å². The van der Waals surface area contributed by atoms with Crippen LogP contribution in [0.25, 0.3) is 0 Å². The van der Waals surface area contributed by atoms with Crippen molar-refractivity contribution in [1.82, 2.24) is 0 Å². The lowest BCUT2D eigenvalue weighted by molar-refractivity contribution is -0.00100. The third kappa shape index (κ3) is 37.7. The summed E-state index contributed by atoms with van der Waals surface area (Å²) in [5, 5.41) is 0. The van der Waals surface area contributed by atoms with Gasteiger partial charge in [0.1, 0.15) is 0 Å². The van der Waals surface area contributed by atoms with Crippen LogP contribution in [-0.2, 0) is 0 Å². The summed E-state index contributed by atoms with van der Waals surface area (Å²) in [6, 6.07) is 0. The molecule has 0 rings (SSSR count). The van der Waals surface area contributed by atoms with E-state index < -0.39 is 0 Å². The summed E-state index contributed by atoms with van der Waals surface area (Å²) in [4.78, 5) is 0. The molecule has 0 N–H and O–H groups in total. The van der Waals surface area contributed by atoms with Gasteiger partial charge in [-0.15, -0.1) is 0 Å². The largest absolute Gasteiger partial charge is 1.00 e. The topological polar surface area (TPSA) is 0 Å². The Labute approximate surface area is 56.7 Å². The molecule has 0 heterocycles. The molecule has 0 spiro atoms. The monoisotopic (exact) mass is 216 g/mol. The zero-order valence-corrected chi connectivity index (χ0v) is 7.43. The highest BCUT2D eigenvalue weighted by atomic mass is 79.9. The fourth-order valence-electron chi connectivity index (χ4n) is 0. The van der Waals surface area contributed by atoms with Gasteiger partial charge in [-0.2, -0.15) is 0 Å². The molecule has 0 amide bonds. The molecule has 0 saturated carbocycles. The van der Waals surface area contributed by atoms with Gasteiger partial charge in [0.05, 0.1) is 0 Å². The van der Waals surface area contributed by atoms with Crippen molar-refractivity contribution in [3.8, 4) is 0 Å². The van der Waals surface area contributed by atoms with Gasteiger partial charge in [0.2, 0.25) is 0 Å². The Morgan fingerprint density at radius 1 is 1.00 bits per heavy atom. The summed E-state index contributed by atoms with van der Waals surface area (Å²) >= 11 is 0. The van der Waals surface area contributed by atoms with Crippen molar-refractivity contribution in [2.45, 2.75) is 13.1 Å². The Hall–Kier alpha value is 1.18. The molecule has 0 fully saturated rings. The van der Waals surface area contributed by atoms with Crippen molar-refractivity contribution < 1.29 is 34.0 Å². The van der Waals surface area contributed by atoms with Gasteiger partial charge >= 0.3 is 0 Å². The normalized spacial score (nSPS) is 3.60. The predicted molar refractivity (Wildman–Crippen MR) is 17.5 cm³/mol. The van der Waals surface area contributed by atoms with Crippen LogP contribution in [0.5, 0.6) is 0 Å². The molecular formula is C2H6Br2Si-2. The van der Waals surface area contributed by atoms with Crippen LogP contribution in [0.15, 0.2) is 0 Å². The third-order valence-electron chi connectivity index (χ3n) is 0.